The Morgan fingerprint density at radius 1 is 0.826 bits per heavy atom. The number of halogens is 2. The summed E-state index contributed by atoms with van der Waals surface area (Å²) in [6.07, 6.45) is 0.673. The monoisotopic (exact) mass is 695 g/mol. The van der Waals surface area contributed by atoms with Crippen molar-refractivity contribution in [3.8, 4) is 23.0 Å². The van der Waals surface area contributed by atoms with Gasteiger partial charge < -0.3 is 29.2 Å². The van der Waals surface area contributed by atoms with Crippen molar-refractivity contribution in [2.24, 2.45) is 0 Å². The number of anilines is 1. The van der Waals surface area contributed by atoms with E-state index in [1.54, 1.807) is 31.2 Å². The molecule has 46 heavy (non-hydrogen) atoms. The third-order valence-corrected chi connectivity index (χ3v) is 9.88. The summed E-state index contributed by atoms with van der Waals surface area (Å²) in [6, 6.07) is 12.4. The quantitative estimate of drug-likeness (QED) is 0.219. The number of hydrogen-bond acceptors (Lipinski definition) is 8. The van der Waals surface area contributed by atoms with Crippen LogP contribution >= 0.6 is 23.2 Å². The van der Waals surface area contributed by atoms with Crippen molar-refractivity contribution < 1.29 is 37.0 Å². The van der Waals surface area contributed by atoms with E-state index in [4.69, 9.17) is 42.1 Å². The van der Waals surface area contributed by atoms with Crippen molar-refractivity contribution >= 4 is 50.7 Å². The van der Waals surface area contributed by atoms with Crippen LogP contribution in [0.15, 0.2) is 59.5 Å². The van der Waals surface area contributed by atoms with Crippen LogP contribution in [0.2, 0.25) is 10.0 Å². The maximum Gasteiger partial charge on any atom is 0.265 e. The summed E-state index contributed by atoms with van der Waals surface area (Å²) in [5.74, 6) is -0.107. The third kappa shape index (κ3) is 8.48. The molecule has 0 spiro atoms. The molecule has 0 saturated carbocycles. The minimum Gasteiger partial charge on any atom is -0.497 e. The number of benzene rings is 3. The molecule has 2 amide bonds. The van der Waals surface area contributed by atoms with Gasteiger partial charge in [0.15, 0.2) is 11.5 Å². The number of rotatable bonds is 15. The maximum absolute atomic E-state index is 14.4. The fourth-order valence-corrected chi connectivity index (χ4v) is 6.25. The fourth-order valence-electron chi connectivity index (χ4n) is 4.49. The van der Waals surface area contributed by atoms with E-state index < -0.39 is 34.4 Å². The molecule has 0 heterocycles. The maximum atomic E-state index is 14.4. The minimum absolute atomic E-state index is 0.0381. The molecular weight excluding hydrogens is 657 g/mol. The van der Waals surface area contributed by atoms with E-state index in [1.165, 1.54) is 63.7 Å². The van der Waals surface area contributed by atoms with E-state index in [0.717, 1.165) is 4.31 Å². The highest BCUT2D eigenvalue weighted by Gasteiger charge is 2.35. The lowest BCUT2D eigenvalue weighted by Crippen LogP contribution is -2.52. The van der Waals surface area contributed by atoms with Crippen LogP contribution in [0.25, 0.3) is 0 Å². The van der Waals surface area contributed by atoms with Crippen LogP contribution in [0.5, 0.6) is 23.0 Å². The first-order chi connectivity index (χ1) is 21.8. The molecule has 0 saturated heterocycles. The molecule has 0 unspecified atom stereocenters. The predicted molar refractivity (Wildman–Crippen MR) is 178 cm³/mol. The molecule has 14 heteroatoms. The lowest BCUT2D eigenvalue weighted by atomic mass is 10.1. The molecule has 250 valence electrons. The Balaban J connectivity index is 2.18. The van der Waals surface area contributed by atoms with Gasteiger partial charge >= 0.3 is 0 Å². The second-order valence-electron chi connectivity index (χ2n) is 10.3. The molecule has 0 radical (unpaired) electrons. The molecular formula is C32H39Cl2N3O8S. The summed E-state index contributed by atoms with van der Waals surface area (Å²) >= 11 is 12.4. The zero-order chi connectivity index (χ0) is 34.2. The van der Waals surface area contributed by atoms with E-state index >= 15 is 0 Å². The first-order valence-corrected chi connectivity index (χ1v) is 16.5. The molecule has 11 nitrogen and oxygen atoms in total. The molecule has 3 aromatic carbocycles. The van der Waals surface area contributed by atoms with Gasteiger partial charge in [0, 0.05) is 24.7 Å². The van der Waals surface area contributed by atoms with E-state index in [-0.39, 0.29) is 39.7 Å². The second kappa shape index (κ2) is 16.1. The average molecular weight is 697 g/mol. The largest absolute Gasteiger partial charge is 0.497 e. The number of carbonyl (C=O) groups is 2. The van der Waals surface area contributed by atoms with E-state index in [9.17, 15) is 18.0 Å². The van der Waals surface area contributed by atoms with Crippen LogP contribution < -0.4 is 28.6 Å². The summed E-state index contributed by atoms with van der Waals surface area (Å²) in [7, 11) is 1.15. The Bertz CT molecular complexity index is 1650. The summed E-state index contributed by atoms with van der Waals surface area (Å²) in [5.41, 5.74) is 0.621. The molecule has 0 bridgehead atoms. The summed E-state index contributed by atoms with van der Waals surface area (Å²) < 4.78 is 51.3. The highest BCUT2D eigenvalue weighted by atomic mass is 35.5. The SMILES string of the molecule is CC[C@H](C)NC(=O)[C@@H](C)N(Cc1ccc(Cl)c(Cl)c1)C(=O)CN(c1cc(OC)ccc1OC)S(=O)(=O)c1ccc(OC)c(OC)c1. The van der Waals surface area contributed by atoms with Crippen LogP contribution in [0, 0.1) is 0 Å². The fraction of sp³-hybridized carbons (Fsp3) is 0.375. The minimum atomic E-state index is -4.48. The molecule has 2 atom stereocenters. The van der Waals surface area contributed by atoms with E-state index in [0.29, 0.717) is 28.5 Å². The van der Waals surface area contributed by atoms with Crippen LogP contribution in [-0.4, -0.2) is 72.2 Å². The number of carbonyl (C=O) groups excluding carboxylic acids is 2. The Morgan fingerprint density at radius 3 is 2.07 bits per heavy atom. The third-order valence-electron chi connectivity index (χ3n) is 7.38. The van der Waals surface area contributed by atoms with E-state index in [2.05, 4.69) is 5.32 Å². The number of hydrogen-bond donors (Lipinski definition) is 1. The van der Waals surface area contributed by atoms with Gasteiger partial charge in [-0.1, -0.05) is 36.2 Å². The lowest BCUT2D eigenvalue weighted by Gasteiger charge is -2.33. The first-order valence-electron chi connectivity index (χ1n) is 14.3. The molecule has 0 aliphatic heterocycles. The van der Waals surface area contributed by atoms with Gasteiger partial charge in [-0.15, -0.1) is 0 Å². The van der Waals surface area contributed by atoms with Crippen molar-refractivity contribution in [2.75, 3.05) is 39.3 Å². The molecule has 0 aliphatic rings. The number of sulfonamides is 1. The summed E-state index contributed by atoms with van der Waals surface area (Å²) in [6.45, 7) is 4.58. The highest BCUT2D eigenvalue weighted by molar-refractivity contribution is 7.92. The topological polar surface area (TPSA) is 124 Å². The van der Waals surface area contributed by atoms with Crippen molar-refractivity contribution in [3.63, 3.8) is 0 Å². The molecule has 0 fully saturated rings. The van der Waals surface area contributed by atoms with Crippen LogP contribution in [0.1, 0.15) is 32.8 Å². The molecule has 0 aromatic heterocycles. The van der Waals surface area contributed by atoms with Crippen molar-refractivity contribution in [1.82, 2.24) is 10.2 Å². The molecule has 0 aliphatic carbocycles. The van der Waals surface area contributed by atoms with Crippen LogP contribution in [0.4, 0.5) is 5.69 Å². The van der Waals surface area contributed by atoms with Crippen molar-refractivity contribution in [2.45, 2.75) is 50.7 Å². The number of methoxy groups -OCH3 is 4. The van der Waals surface area contributed by atoms with Gasteiger partial charge in [-0.05, 0) is 62.2 Å². The summed E-state index contributed by atoms with van der Waals surface area (Å²) in [4.78, 5) is 28.7. The Morgan fingerprint density at radius 2 is 1.48 bits per heavy atom. The van der Waals surface area contributed by atoms with Gasteiger partial charge in [0.2, 0.25) is 11.8 Å². The highest BCUT2D eigenvalue weighted by Crippen LogP contribution is 2.38. The van der Waals surface area contributed by atoms with Crippen LogP contribution in [-0.2, 0) is 26.2 Å². The summed E-state index contributed by atoms with van der Waals surface area (Å²) in [5, 5.41) is 3.48. The number of nitrogens with zero attached hydrogens (tertiary/aromatic N) is 2. The van der Waals surface area contributed by atoms with Crippen LogP contribution in [0.3, 0.4) is 0 Å². The molecule has 3 aromatic rings. The first kappa shape index (κ1) is 36.6. The standard InChI is InChI=1S/C32H39Cl2N3O8S/c1-8-20(2)35-32(39)21(3)36(18-22-9-12-25(33)26(34)15-22)31(38)19-37(27-16-23(42-4)10-13-28(27)43-5)46(40,41)24-11-14-29(44-6)30(17-24)45-7/h9-17,20-21H,8,18-19H2,1-7H3,(H,35,39)/t20-,21+/m0/s1. The van der Waals surface area contributed by atoms with Crippen molar-refractivity contribution in [3.05, 3.63) is 70.2 Å². The number of ether oxygens (including phenoxy) is 4. The Kier molecular flexibility index (Phi) is 12.8. The second-order valence-corrected chi connectivity index (χ2v) is 13.0. The van der Waals surface area contributed by atoms with Gasteiger partial charge in [-0.25, -0.2) is 8.42 Å². The smallest absolute Gasteiger partial charge is 0.265 e. The lowest BCUT2D eigenvalue weighted by molar-refractivity contribution is -0.139. The van der Waals surface area contributed by atoms with Gasteiger partial charge in [-0.3, -0.25) is 13.9 Å². The predicted octanol–water partition coefficient (Wildman–Crippen LogP) is 5.56. The molecule has 1 N–H and O–H groups in total. The number of nitrogens with one attached hydrogen (secondary N) is 1. The van der Waals surface area contributed by atoms with Gasteiger partial charge in [0.05, 0.1) is 49.1 Å². The Labute approximate surface area is 280 Å². The molecule has 3 rings (SSSR count). The number of amides is 2. The van der Waals surface area contributed by atoms with Gasteiger partial charge in [0.25, 0.3) is 10.0 Å². The zero-order valence-electron chi connectivity index (χ0n) is 26.8. The normalized spacial score (nSPS) is 12.5. The Hall–Kier alpha value is -3.87. The van der Waals surface area contributed by atoms with Gasteiger partial charge in [0.1, 0.15) is 24.1 Å². The van der Waals surface area contributed by atoms with Gasteiger partial charge in [-0.2, -0.15) is 0 Å². The zero-order valence-corrected chi connectivity index (χ0v) is 29.1. The van der Waals surface area contributed by atoms with Crippen molar-refractivity contribution in [1.29, 1.82) is 0 Å². The average Bonchev–Trinajstić information content (AvgIpc) is 3.06. The van der Waals surface area contributed by atoms with E-state index in [1.807, 2.05) is 13.8 Å².